The lowest BCUT2D eigenvalue weighted by molar-refractivity contribution is -0.140. The lowest BCUT2D eigenvalue weighted by Gasteiger charge is -2.07. The van der Waals surface area contributed by atoms with E-state index in [4.69, 9.17) is 5.11 Å². The summed E-state index contributed by atoms with van der Waals surface area (Å²) in [7, 11) is 1.30. The Hall–Kier alpha value is -2.32. The van der Waals surface area contributed by atoms with E-state index in [1.54, 1.807) is 18.2 Å². The van der Waals surface area contributed by atoms with E-state index < -0.39 is 0 Å². The predicted octanol–water partition coefficient (Wildman–Crippen LogP) is 0.632. The molecule has 20 heavy (non-hydrogen) atoms. The molecule has 0 saturated carbocycles. The van der Waals surface area contributed by atoms with Gasteiger partial charge in [0.2, 0.25) is 0 Å². The van der Waals surface area contributed by atoms with Crippen LogP contribution in [-0.2, 0) is 9.53 Å². The second kappa shape index (κ2) is 7.97. The second-order valence-corrected chi connectivity index (χ2v) is 4.09. The molecule has 0 aliphatic carbocycles. The fourth-order valence-electron chi connectivity index (χ4n) is 1.57. The van der Waals surface area contributed by atoms with Gasteiger partial charge in [0.1, 0.15) is 6.61 Å². The molecule has 1 aromatic carbocycles. The Morgan fingerprint density at radius 3 is 2.80 bits per heavy atom. The van der Waals surface area contributed by atoms with E-state index in [-0.39, 0.29) is 31.4 Å². The number of hydrogen-bond acceptors (Lipinski definition) is 4. The summed E-state index contributed by atoms with van der Waals surface area (Å²) >= 11 is 0. The molecule has 2 N–H and O–H groups in total. The molecule has 0 aromatic heterocycles. The summed E-state index contributed by atoms with van der Waals surface area (Å²) in [4.78, 5) is 23.0. The Balaban J connectivity index is 2.79. The minimum absolute atomic E-state index is 0.117. The molecule has 0 bridgehead atoms. The molecule has 0 unspecified atom stereocenters. The van der Waals surface area contributed by atoms with Crippen LogP contribution < -0.4 is 5.32 Å². The van der Waals surface area contributed by atoms with Crippen LogP contribution in [0.1, 0.15) is 27.9 Å². The molecule has 5 nitrogen and oxygen atoms in total. The quantitative estimate of drug-likeness (QED) is 0.624. The number of ether oxygens (including phenoxy) is 1. The molecule has 0 spiro atoms. The minimum atomic E-state index is -0.380. The van der Waals surface area contributed by atoms with Gasteiger partial charge in [-0.3, -0.25) is 9.59 Å². The number of hydrogen-bond donors (Lipinski definition) is 2. The van der Waals surface area contributed by atoms with Gasteiger partial charge in [-0.25, -0.2) is 0 Å². The Labute approximate surface area is 117 Å². The maximum absolute atomic E-state index is 12.0. The molecule has 0 aliphatic rings. The third-order valence-electron chi connectivity index (χ3n) is 2.56. The number of rotatable bonds is 4. The van der Waals surface area contributed by atoms with Crippen LogP contribution in [0.5, 0.6) is 0 Å². The van der Waals surface area contributed by atoms with E-state index in [0.717, 1.165) is 5.56 Å². The van der Waals surface area contributed by atoms with E-state index in [1.807, 2.05) is 6.92 Å². The van der Waals surface area contributed by atoms with Crippen molar-refractivity contribution < 1.29 is 19.4 Å². The molecular formula is C15H17NO4. The van der Waals surface area contributed by atoms with Gasteiger partial charge in [0, 0.05) is 12.1 Å². The molecule has 1 amide bonds. The monoisotopic (exact) mass is 275 g/mol. The Bertz CT molecular complexity index is 555. The average molecular weight is 275 g/mol. The van der Waals surface area contributed by atoms with Crippen molar-refractivity contribution >= 4 is 11.9 Å². The fourth-order valence-corrected chi connectivity index (χ4v) is 1.57. The van der Waals surface area contributed by atoms with Gasteiger partial charge in [0.15, 0.2) is 0 Å². The highest BCUT2D eigenvalue weighted by molar-refractivity contribution is 5.97. The summed E-state index contributed by atoms with van der Waals surface area (Å²) < 4.78 is 4.49. The number of amides is 1. The van der Waals surface area contributed by atoms with Crippen LogP contribution in [0.25, 0.3) is 0 Å². The predicted molar refractivity (Wildman–Crippen MR) is 74.1 cm³/mol. The highest BCUT2D eigenvalue weighted by Gasteiger charge is 2.10. The minimum Gasteiger partial charge on any atom is -0.469 e. The van der Waals surface area contributed by atoms with Gasteiger partial charge >= 0.3 is 5.97 Å². The van der Waals surface area contributed by atoms with Gasteiger partial charge in [-0.15, -0.1) is 0 Å². The SMILES string of the molecule is COC(=O)CCNC(=O)c1ccc(C)cc1C#CCO. The molecule has 106 valence electrons. The second-order valence-electron chi connectivity index (χ2n) is 4.09. The summed E-state index contributed by atoms with van der Waals surface area (Å²) in [6, 6.07) is 5.25. The van der Waals surface area contributed by atoms with E-state index in [1.165, 1.54) is 7.11 Å². The van der Waals surface area contributed by atoms with Gasteiger partial charge in [-0.2, -0.15) is 0 Å². The van der Waals surface area contributed by atoms with Crippen LogP contribution in [0.15, 0.2) is 18.2 Å². The standard InChI is InChI=1S/C15H17NO4/c1-11-5-6-13(12(10-11)4-3-9-17)15(19)16-8-7-14(18)20-2/h5-6,10,17H,7-9H2,1-2H3,(H,16,19). The Morgan fingerprint density at radius 2 is 2.15 bits per heavy atom. The van der Waals surface area contributed by atoms with Crippen LogP contribution in [0.3, 0.4) is 0 Å². The highest BCUT2D eigenvalue weighted by atomic mass is 16.5. The zero-order chi connectivity index (χ0) is 15.0. The number of aliphatic hydroxyl groups excluding tert-OH is 1. The van der Waals surface area contributed by atoms with Crippen LogP contribution in [0.2, 0.25) is 0 Å². The molecular weight excluding hydrogens is 258 g/mol. The first-order chi connectivity index (χ1) is 9.58. The number of aryl methyl sites for hydroxylation is 1. The van der Waals surface area contributed by atoms with Crippen molar-refractivity contribution in [2.24, 2.45) is 0 Å². The van der Waals surface area contributed by atoms with Gasteiger partial charge < -0.3 is 15.2 Å². The maximum atomic E-state index is 12.0. The van der Waals surface area contributed by atoms with Gasteiger partial charge in [0.05, 0.1) is 19.1 Å². The average Bonchev–Trinajstić information content (AvgIpc) is 2.44. The van der Waals surface area contributed by atoms with Crippen molar-refractivity contribution in [1.82, 2.24) is 5.32 Å². The number of carbonyl (C=O) groups is 2. The van der Waals surface area contributed by atoms with Crippen molar-refractivity contribution in [1.29, 1.82) is 0 Å². The first-order valence-electron chi connectivity index (χ1n) is 6.14. The van der Waals surface area contributed by atoms with E-state index in [0.29, 0.717) is 11.1 Å². The van der Waals surface area contributed by atoms with Crippen molar-refractivity contribution in [3.05, 3.63) is 34.9 Å². The molecule has 1 aromatic rings. The molecule has 0 fully saturated rings. The molecule has 1 rings (SSSR count). The van der Waals surface area contributed by atoms with Crippen LogP contribution >= 0.6 is 0 Å². The maximum Gasteiger partial charge on any atom is 0.307 e. The van der Waals surface area contributed by atoms with E-state index >= 15 is 0 Å². The van der Waals surface area contributed by atoms with Crippen LogP contribution in [0.4, 0.5) is 0 Å². The van der Waals surface area contributed by atoms with Crippen molar-refractivity contribution in [3.63, 3.8) is 0 Å². The summed E-state index contributed by atoms with van der Waals surface area (Å²) in [6.07, 6.45) is 0.117. The van der Waals surface area contributed by atoms with Crippen LogP contribution in [-0.4, -0.2) is 37.2 Å². The fraction of sp³-hybridized carbons (Fsp3) is 0.333. The number of benzene rings is 1. The lowest BCUT2D eigenvalue weighted by Crippen LogP contribution is -2.27. The normalized spacial score (nSPS) is 9.35. The lowest BCUT2D eigenvalue weighted by atomic mass is 10.0. The highest BCUT2D eigenvalue weighted by Crippen LogP contribution is 2.10. The third kappa shape index (κ3) is 4.75. The van der Waals surface area contributed by atoms with Crippen LogP contribution in [0, 0.1) is 18.8 Å². The summed E-state index contributed by atoms with van der Waals surface area (Å²) in [5, 5.41) is 11.4. The zero-order valence-electron chi connectivity index (χ0n) is 11.5. The first kappa shape index (κ1) is 15.7. The van der Waals surface area contributed by atoms with Gasteiger partial charge in [0.25, 0.3) is 5.91 Å². The number of nitrogens with one attached hydrogen (secondary N) is 1. The molecule has 0 heterocycles. The Morgan fingerprint density at radius 1 is 1.40 bits per heavy atom. The third-order valence-corrected chi connectivity index (χ3v) is 2.56. The first-order valence-corrected chi connectivity index (χ1v) is 6.14. The molecule has 0 saturated heterocycles. The topological polar surface area (TPSA) is 75.6 Å². The number of aliphatic hydroxyl groups is 1. The largest absolute Gasteiger partial charge is 0.469 e. The Kier molecular flexibility index (Phi) is 6.27. The van der Waals surface area contributed by atoms with E-state index in [2.05, 4.69) is 21.9 Å². The van der Waals surface area contributed by atoms with Gasteiger partial charge in [-0.05, 0) is 24.6 Å². The molecule has 5 heteroatoms. The molecule has 0 radical (unpaired) electrons. The van der Waals surface area contributed by atoms with Crippen molar-refractivity contribution in [2.75, 3.05) is 20.3 Å². The van der Waals surface area contributed by atoms with Crippen molar-refractivity contribution in [2.45, 2.75) is 13.3 Å². The smallest absolute Gasteiger partial charge is 0.307 e. The van der Waals surface area contributed by atoms with Gasteiger partial charge in [-0.1, -0.05) is 17.9 Å². The number of carbonyl (C=O) groups excluding carboxylic acids is 2. The molecule has 0 atom stereocenters. The summed E-state index contributed by atoms with van der Waals surface area (Å²) in [5.41, 5.74) is 1.94. The zero-order valence-corrected chi connectivity index (χ0v) is 11.5. The summed E-state index contributed by atoms with van der Waals surface area (Å²) in [5.74, 6) is 4.58. The van der Waals surface area contributed by atoms with Crippen molar-refractivity contribution in [3.8, 4) is 11.8 Å². The summed E-state index contributed by atoms with van der Waals surface area (Å²) in [6.45, 7) is 1.83. The van der Waals surface area contributed by atoms with E-state index in [9.17, 15) is 9.59 Å². The molecule has 0 aliphatic heterocycles. The number of esters is 1. The number of methoxy groups -OCH3 is 1.